The van der Waals surface area contributed by atoms with Crippen molar-refractivity contribution < 1.29 is 0 Å². The fourth-order valence-corrected chi connectivity index (χ4v) is 3.43. The van der Waals surface area contributed by atoms with Crippen LogP contribution in [-0.2, 0) is 6.54 Å². The summed E-state index contributed by atoms with van der Waals surface area (Å²) in [6.45, 7) is 3.96. The molecule has 0 saturated carbocycles. The van der Waals surface area contributed by atoms with Crippen molar-refractivity contribution >= 4 is 21.6 Å². The van der Waals surface area contributed by atoms with E-state index in [0.717, 1.165) is 35.3 Å². The summed E-state index contributed by atoms with van der Waals surface area (Å²) in [4.78, 5) is 4.66. The van der Waals surface area contributed by atoms with E-state index in [4.69, 9.17) is 0 Å². The maximum Gasteiger partial charge on any atom is 0.193 e. The van der Waals surface area contributed by atoms with Gasteiger partial charge in [-0.15, -0.1) is 21.5 Å². The van der Waals surface area contributed by atoms with Crippen molar-refractivity contribution in [3.05, 3.63) is 30.1 Å². The molecule has 1 aliphatic heterocycles. The lowest BCUT2D eigenvalue weighted by atomic mass is 10.2. The van der Waals surface area contributed by atoms with Crippen molar-refractivity contribution in [3.63, 3.8) is 0 Å². The monoisotopic (exact) mass is 271 g/mol. The molecule has 0 saturated heterocycles. The molecule has 2 aromatic heterocycles. The van der Waals surface area contributed by atoms with Crippen LogP contribution in [0, 0.1) is 0 Å². The molecule has 1 aromatic carbocycles. The molecule has 5 nitrogen and oxygen atoms in total. The molecule has 0 fully saturated rings. The molecule has 6 heteroatoms. The standard InChI is InChI=1S/C13H13N5S/c1-8-11-16-17-12(18(11)7-6-14-8)13-15-9-4-2-3-5-10(9)19-13/h2-5,8,14H,6-7H2,1H3/t8-/m1/s1. The molecule has 0 spiro atoms. The minimum atomic E-state index is 0.254. The van der Waals surface area contributed by atoms with Gasteiger partial charge in [0.25, 0.3) is 0 Å². The van der Waals surface area contributed by atoms with E-state index >= 15 is 0 Å². The highest BCUT2D eigenvalue weighted by molar-refractivity contribution is 7.21. The third-order valence-corrected chi connectivity index (χ3v) is 4.47. The second-order valence-corrected chi connectivity index (χ2v) is 5.73. The van der Waals surface area contributed by atoms with Crippen LogP contribution < -0.4 is 5.32 Å². The Labute approximate surface area is 114 Å². The zero-order valence-electron chi connectivity index (χ0n) is 10.5. The maximum absolute atomic E-state index is 4.66. The van der Waals surface area contributed by atoms with Gasteiger partial charge in [-0.3, -0.25) is 0 Å². The Kier molecular flexibility index (Phi) is 2.39. The zero-order valence-corrected chi connectivity index (χ0v) is 11.3. The number of benzene rings is 1. The molecule has 3 aromatic rings. The number of para-hydroxylation sites is 1. The van der Waals surface area contributed by atoms with Crippen molar-refractivity contribution in [1.82, 2.24) is 25.1 Å². The lowest BCUT2D eigenvalue weighted by Crippen LogP contribution is -2.32. The molecule has 0 amide bonds. The molecule has 0 aliphatic carbocycles. The Hall–Kier alpha value is -1.79. The molecule has 0 bridgehead atoms. The predicted molar refractivity (Wildman–Crippen MR) is 75.1 cm³/mol. The van der Waals surface area contributed by atoms with Gasteiger partial charge in [-0.25, -0.2) is 4.98 Å². The summed E-state index contributed by atoms with van der Waals surface area (Å²) in [6.07, 6.45) is 0. The second-order valence-electron chi connectivity index (χ2n) is 4.70. The van der Waals surface area contributed by atoms with Crippen molar-refractivity contribution in [3.8, 4) is 10.8 Å². The first-order valence-electron chi connectivity index (χ1n) is 6.35. The Balaban J connectivity index is 1.88. The molecule has 19 heavy (non-hydrogen) atoms. The SMILES string of the molecule is C[C@H]1NCCn2c(-c3nc4ccccc4s3)nnc21. The topological polar surface area (TPSA) is 55.6 Å². The number of thiazole rings is 1. The van der Waals surface area contributed by atoms with Crippen LogP contribution in [0.15, 0.2) is 24.3 Å². The molecular formula is C13H13N5S. The molecule has 1 aliphatic rings. The third kappa shape index (κ3) is 1.67. The van der Waals surface area contributed by atoms with Crippen molar-refractivity contribution in [2.45, 2.75) is 19.5 Å². The minimum Gasteiger partial charge on any atom is -0.306 e. The summed E-state index contributed by atoms with van der Waals surface area (Å²) < 4.78 is 3.37. The first-order chi connectivity index (χ1) is 9.33. The lowest BCUT2D eigenvalue weighted by molar-refractivity contribution is 0.439. The number of hydrogen-bond acceptors (Lipinski definition) is 5. The quantitative estimate of drug-likeness (QED) is 0.737. The van der Waals surface area contributed by atoms with Crippen LogP contribution in [0.1, 0.15) is 18.8 Å². The summed E-state index contributed by atoms with van der Waals surface area (Å²) in [6, 6.07) is 8.43. The second kappa shape index (κ2) is 4.11. The van der Waals surface area contributed by atoms with E-state index < -0.39 is 0 Å². The first-order valence-corrected chi connectivity index (χ1v) is 7.17. The highest BCUT2D eigenvalue weighted by Crippen LogP contribution is 2.30. The van der Waals surface area contributed by atoms with Gasteiger partial charge in [0.15, 0.2) is 10.8 Å². The number of rotatable bonds is 1. The fraction of sp³-hybridized carbons (Fsp3) is 0.308. The fourth-order valence-electron chi connectivity index (χ4n) is 2.47. The van der Waals surface area contributed by atoms with Crippen molar-refractivity contribution in [2.75, 3.05) is 6.54 Å². The van der Waals surface area contributed by atoms with Crippen LogP contribution in [-0.4, -0.2) is 26.3 Å². The van der Waals surface area contributed by atoms with Gasteiger partial charge in [-0.1, -0.05) is 12.1 Å². The molecule has 3 heterocycles. The number of nitrogens with one attached hydrogen (secondary N) is 1. The van der Waals surface area contributed by atoms with E-state index in [9.17, 15) is 0 Å². The number of nitrogens with zero attached hydrogens (tertiary/aromatic N) is 4. The van der Waals surface area contributed by atoms with Crippen molar-refractivity contribution in [2.24, 2.45) is 0 Å². The van der Waals surface area contributed by atoms with Crippen LogP contribution in [0.4, 0.5) is 0 Å². The molecule has 96 valence electrons. The van der Waals surface area contributed by atoms with Gasteiger partial charge in [-0.05, 0) is 19.1 Å². The molecule has 1 atom stereocenters. The summed E-state index contributed by atoms with van der Waals surface area (Å²) >= 11 is 1.67. The highest BCUT2D eigenvalue weighted by Gasteiger charge is 2.23. The van der Waals surface area contributed by atoms with Crippen molar-refractivity contribution in [1.29, 1.82) is 0 Å². The average molecular weight is 271 g/mol. The van der Waals surface area contributed by atoms with E-state index in [-0.39, 0.29) is 6.04 Å². The summed E-state index contributed by atoms with van der Waals surface area (Å²) in [7, 11) is 0. The van der Waals surface area contributed by atoms with Gasteiger partial charge >= 0.3 is 0 Å². The van der Waals surface area contributed by atoms with E-state index in [2.05, 4.69) is 38.1 Å². The molecule has 1 N–H and O–H groups in total. The largest absolute Gasteiger partial charge is 0.306 e. The molecule has 4 rings (SSSR count). The normalized spacial score (nSPS) is 18.7. The first kappa shape index (κ1) is 11.1. The van der Waals surface area contributed by atoms with Gasteiger partial charge in [0, 0.05) is 13.1 Å². The number of hydrogen-bond donors (Lipinski definition) is 1. The molecular weight excluding hydrogens is 258 g/mol. The lowest BCUT2D eigenvalue weighted by Gasteiger charge is -2.21. The Morgan fingerprint density at radius 2 is 2.21 bits per heavy atom. The van der Waals surface area contributed by atoms with Crippen LogP contribution in [0.25, 0.3) is 21.0 Å². The zero-order chi connectivity index (χ0) is 12.8. The maximum atomic E-state index is 4.66. The molecule has 0 radical (unpaired) electrons. The van der Waals surface area contributed by atoms with Crippen LogP contribution >= 0.6 is 11.3 Å². The van der Waals surface area contributed by atoms with Gasteiger partial charge < -0.3 is 9.88 Å². The average Bonchev–Trinajstić information content (AvgIpc) is 3.02. The smallest absolute Gasteiger partial charge is 0.193 e. The number of fused-ring (bicyclic) bond motifs is 2. The van der Waals surface area contributed by atoms with E-state index in [1.54, 1.807) is 11.3 Å². The van der Waals surface area contributed by atoms with Crippen LogP contribution in [0.5, 0.6) is 0 Å². The highest BCUT2D eigenvalue weighted by atomic mass is 32.1. The van der Waals surface area contributed by atoms with Crippen LogP contribution in [0.3, 0.4) is 0 Å². The summed E-state index contributed by atoms with van der Waals surface area (Å²) in [5.41, 5.74) is 1.03. The third-order valence-electron chi connectivity index (χ3n) is 3.44. The van der Waals surface area contributed by atoms with Crippen LogP contribution in [0.2, 0.25) is 0 Å². The predicted octanol–water partition coefficient (Wildman–Crippen LogP) is 2.22. The van der Waals surface area contributed by atoms with Gasteiger partial charge in [0.2, 0.25) is 0 Å². The van der Waals surface area contributed by atoms with Gasteiger partial charge in [0.1, 0.15) is 5.82 Å². The Morgan fingerprint density at radius 1 is 1.32 bits per heavy atom. The van der Waals surface area contributed by atoms with E-state index in [0.29, 0.717) is 0 Å². The molecule has 0 unspecified atom stereocenters. The van der Waals surface area contributed by atoms with Gasteiger partial charge in [-0.2, -0.15) is 0 Å². The summed E-state index contributed by atoms with van der Waals surface area (Å²) in [5.74, 6) is 1.89. The minimum absolute atomic E-state index is 0.254. The Bertz CT molecular complexity index is 711. The summed E-state index contributed by atoms with van der Waals surface area (Å²) in [5, 5.41) is 13.0. The van der Waals surface area contributed by atoms with Gasteiger partial charge in [0.05, 0.1) is 16.3 Å². The van der Waals surface area contributed by atoms with E-state index in [1.165, 1.54) is 4.70 Å². The van der Waals surface area contributed by atoms with E-state index in [1.807, 2.05) is 18.2 Å². The Morgan fingerprint density at radius 3 is 3.11 bits per heavy atom. The number of aromatic nitrogens is 4.